The molecule has 0 saturated carbocycles. The van der Waals surface area contributed by atoms with Crippen LogP contribution in [0, 0.1) is 6.92 Å². The molecule has 268 valence electrons. The predicted octanol–water partition coefficient (Wildman–Crippen LogP) is 6.50. The van der Waals surface area contributed by atoms with Crippen molar-refractivity contribution in [3.8, 4) is 17.2 Å². The third-order valence-corrected chi connectivity index (χ3v) is 7.30. The number of alkyl carbamates (subject to hydrolysis) is 1. The van der Waals surface area contributed by atoms with Gasteiger partial charge in [-0.3, -0.25) is 14.6 Å². The van der Waals surface area contributed by atoms with Crippen molar-refractivity contribution in [1.82, 2.24) is 10.3 Å². The zero-order valence-corrected chi connectivity index (χ0v) is 29.4. The van der Waals surface area contributed by atoms with Crippen LogP contribution in [-0.2, 0) is 11.3 Å². The van der Waals surface area contributed by atoms with Crippen molar-refractivity contribution in [2.24, 2.45) is 0 Å². The summed E-state index contributed by atoms with van der Waals surface area (Å²) in [6.45, 7) is 7.89. The van der Waals surface area contributed by atoms with Gasteiger partial charge in [0.05, 0.1) is 41.9 Å². The number of nitrogens with one attached hydrogen (secondary N) is 2. The average molecular weight is 699 g/mol. The van der Waals surface area contributed by atoms with Crippen LogP contribution >= 0.6 is 0 Å². The molecule has 0 atom stereocenters. The number of aromatic carboxylic acids is 1. The lowest BCUT2D eigenvalue weighted by Gasteiger charge is -2.22. The van der Waals surface area contributed by atoms with Crippen LogP contribution in [0.25, 0.3) is 0 Å². The molecule has 3 N–H and O–H groups in total. The number of pyridine rings is 1. The van der Waals surface area contributed by atoms with Gasteiger partial charge in [0.2, 0.25) is 0 Å². The first-order chi connectivity index (χ1) is 24.3. The molecule has 4 aromatic rings. The number of rotatable bonds is 14. The predicted molar refractivity (Wildman–Crippen MR) is 191 cm³/mol. The molecule has 4 rings (SSSR count). The number of carboxylic acids is 1. The van der Waals surface area contributed by atoms with E-state index in [1.54, 1.807) is 82.4 Å². The number of benzene rings is 3. The Morgan fingerprint density at radius 1 is 0.882 bits per heavy atom. The number of carbonyl (C=O) groups excluding carboxylic acids is 3. The highest BCUT2D eigenvalue weighted by molar-refractivity contribution is 6.09. The molecule has 0 unspecified atom stereocenters. The van der Waals surface area contributed by atoms with E-state index in [-0.39, 0.29) is 30.4 Å². The molecule has 0 aliphatic carbocycles. The normalized spacial score (nSPS) is 10.9. The molecule has 0 spiro atoms. The van der Waals surface area contributed by atoms with Crippen LogP contribution in [0.15, 0.2) is 79.0 Å². The smallest absolute Gasteiger partial charge is 0.407 e. The second-order valence-corrected chi connectivity index (χ2v) is 12.5. The van der Waals surface area contributed by atoms with Crippen molar-refractivity contribution in [2.45, 2.75) is 46.3 Å². The molecule has 3 aromatic carbocycles. The quantitative estimate of drug-likeness (QED) is 0.124. The Bertz CT molecular complexity index is 1870. The van der Waals surface area contributed by atoms with Crippen LogP contribution in [0.1, 0.15) is 69.5 Å². The molecule has 1 aromatic heterocycles. The first-order valence-corrected chi connectivity index (χ1v) is 16.1. The molecule has 51 heavy (non-hydrogen) atoms. The zero-order chi connectivity index (χ0) is 37.1. The minimum absolute atomic E-state index is 0.0556. The van der Waals surface area contributed by atoms with Gasteiger partial charge in [-0.25, -0.2) is 9.59 Å². The van der Waals surface area contributed by atoms with Gasteiger partial charge < -0.3 is 39.6 Å². The largest absolute Gasteiger partial charge is 0.495 e. The Morgan fingerprint density at radius 3 is 2.31 bits per heavy atom. The van der Waals surface area contributed by atoms with Gasteiger partial charge in [0.1, 0.15) is 29.5 Å². The van der Waals surface area contributed by atoms with Gasteiger partial charge in [0.15, 0.2) is 0 Å². The van der Waals surface area contributed by atoms with E-state index in [4.69, 9.17) is 24.1 Å². The highest BCUT2D eigenvalue weighted by Gasteiger charge is 2.21. The van der Waals surface area contributed by atoms with Crippen LogP contribution in [0.4, 0.5) is 16.2 Å². The Hall–Kier alpha value is -6.11. The van der Waals surface area contributed by atoms with Gasteiger partial charge >= 0.3 is 12.1 Å². The number of amides is 3. The van der Waals surface area contributed by atoms with E-state index >= 15 is 0 Å². The molecule has 0 bridgehead atoms. The van der Waals surface area contributed by atoms with Gasteiger partial charge in [-0.2, -0.15) is 0 Å². The van der Waals surface area contributed by atoms with Gasteiger partial charge in [-0.1, -0.05) is 18.2 Å². The maximum atomic E-state index is 13.7. The summed E-state index contributed by atoms with van der Waals surface area (Å²) in [5, 5.41) is 14.6. The first-order valence-electron chi connectivity index (χ1n) is 16.1. The lowest BCUT2D eigenvalue weighted by Crippen LogP contribution is -2.33. The van der Waals surface area contributed by atoms with Crippen molar-refractivity contribution in [1.29, 1.82) is 0 Å². The topological polar surface area (TPSA) is 166 Å². The number of aryl methyl sites for hydroxylation is 1. The molecule has 0 saturated heterocycles. The SMILES string of the molecule is COc1cc(C(=O)N(C)c2ccc(C)cc2OCc2ccc(C(=O)O)cn2)ccc1NC(=O)c1ccccc1OCCCNC(=O)OC(C)(C)C. The molecular formula is C38H42N4O9. The van der Waals surface area contributed by atoms with E-state index in [1.807, 2.05) is 13.0 Å². The summed E-state index contributed by atoms with van der Waals surface area (Å²) in [5.74, 6) is -0.803. The summed E-state index contributed by atoms with van der Waals surface area (Å²) in [7, 11) is 3.06. The van der Waals surface area contributed by atoms with Crippen LogP contribution in [0.2, 0.25) is 0 Å². The van der Waals surface area contributed by atoms with Crippen molar-refractivity contribution in [2.75, 3.05) is 37.5 Å². The molecule has 0 aliphatic rings. The fourth-order valence-corrected chi connectivity index (χ4v) is 4.76. The summed E-state index contributed by atoms with van der Waals surface area (Å²) in [5.41, 5.74) is 2.34. The van der Waals surface area contributed by atoms with E-state index in [0.717, 1.165) is 5.56 Å². The molecular weight excluding hydrogens is 656 g/mol. The second-order valence-electron chi connectivity index (χ2n) is 12.5. The van der Waals surface area contributed by atoms with Gasteiger partial charge in [0, 0.05) is 25.4 Å². The molecule has 0 fully saturated rings. The van der Waals surface area contributed by atoms with Gasteiger partial charge in [-0.15, -0.1) is 0 Å². The van der Waals surface area contributed by atoms with Crippen molar-refractivity contribution >= 4 is 35.3 Å². The summed E-state index contributed by atoms with van der Waals surface area (Å²) in [4.78, 5) is 55.6. The number of ether oxygens (including phenoxy) is 4. The number of hydrogen-bond donors (Lipinski definition) is 3. The lowest BCUT2D eigenvalue weighted by atomic mass is 10.1. The van der Waals surface area contributed by atoms with E-state index in [9.17, 15) is 19.2 Å². The third kappa shape index (κ3) is 10.7. The number of nitrogens with zero attached hydrogens (tertiary/aromatic N) is 2. The Labute approximate surface area is 296 Å². The summed E-state index contributed by atoms with van der Waals surface area (Å²) in [6.07, 6.45) is 1.24. The number of methoxy groups -OCH3 is 1. The maximum absolute atomic E-state index is 13.7. The fraction of sp³-hybridized carbons (Fsp3) is 0.289. The zero-order valence-electron chi connectivity index (χ0n) is 29.4. The monoisotopic (exact) mass is 698 g/mol. The molecule has 1 heterocycles. The number of hydrogen-bond acceptors (Lipinski definition) is 9. The molecule has 13 heteroatoms. The van der Waals surface area contributed by atoms with E-state index < -0.39 is 23.6 Å². The number of para-hydroxylation sites is 1. The number of anilines is 2. The molecule has 13 nitrogen and oxygen atoms in total. The van der Waals surface area contributed by atoms with E-state index in [0.29, 0.717) is 52.7 Å². The fourth-order valence-electron chi connectivity index (χ4n) is 4.76. The van der Waals surface area contributed by atoms with Crippen LogP contribution in [0.3, 0.4) is 0 Å². The van der Waals surface area contributed by atoms with Crippen molar-refractivity contribution in [3.05, 3.63) is 107 Å². The minimum atomic E-state index is -1.07. The highest BCUT2D eigenvalue weighted by Crippen LogP contribution is 2.33. The molecule has 0 aliphatic heterocycles. The van der Waals surface area contributed by atoms with Crippen LogP contribution in [0.5, 0.6) is 17.2 Å². The van der Waals surface area contributed by atoms with E-state index in [2.05, 4.69) is 15.6 Å². The van der Waals surface area contributed by atoms with Gasteiger partial charge in [-0.05, 0) is 94.3 Å². The van der Waals surface area contributed by atoms with Gasteiger partial charge in [0.25, 0.3) is 11.8 Å². The lowest BCUT2D eigenvalue weighted by molar-refractivity contribution is 0.0524. The Balaban J connectivity index is 1.41. The van der Waals surface area contributed by atoms with Crippen LogP contribution < -0.4 is 29.7 Å². The summed E-state index contributed by atoms with van der Waals surface area (Å²) < 4.78 is 22.7. The van der Waals surface area contributed by atoms with Crippen molar-refractivity contribution < 1.29 is 43.2 Å². The molecule has 3 amide bonds. The number of carbonyl (C=O) groups is 4. The Morgan fingerprint density at radius 2 is 1.63 bits per heavy atom. The molecule has 0 radical (unpaired) electrons. The highest BCUT2D eigenvalue weighted by atomic mass is 16.6. The average Bonchev–Trinajstić information content (AvgIpc) is 3.09. The minimum Gasteiger partial charge on any atom is -0.495 e. The Kier molecular flexibility index (Phi) is 12.6. The first kappa shape index (κ1) is 37.7. The maximum Gasteiger partial charge on any atom is 0.407 e. The number of aromatic nitrogens is 1. The van der Waals surface area contributed by atoms with Crippen LogP contribution in [-0.4, -0.2) is 66.9 Å². The standard InChI is InChI=1S/C38H42N4O9/c1-24-12-17-30(33(20-24)50-23-27-15-13-26(22-40-27)36(45)46)42(5)35(44)25-14-16-29(32(21-25)48-6)41-34(43)28-10-7-8-11-31(28)49-19-9-18-39-37(47)51-38(2,3)4/h7-8,10-17,20-22H,9,18-19,23H2,1-6H3,(H,39,47)(H,41,43)(H,45,46). The van der Waals surface area contributed by atoms with E-state index in [1.165, 1.54) is 30.3 Å². The summed E-state index contributed by atoms with van der Waals surface area (Å²) >= 11 is 0. The van der Waals surface area contributed by atoms with Crippen molar-refractivity contribution in [3.63, 3.8) is 0 Å². The summed E-state index contributed by atoms with van der Waals surface area (Å²) in [6, 6.07) is 19.9. The third-order valence-electron chi connectivity index (χ3n) is 7.30. The second kappa shape index (κ2) is 17.0. The number of carboxylic acid groups (broad SMARTS) is 1.